The minimum Gasteiger partial charge on any atom is -0.0984 e. The molecule has 0 aromatic heterocycles. The minimum atomic E-state index is 1.13. The Morgan fingerprint density at radius 3 is 1.00 bits per heavy atom. The summed E-state index contributed by atoms with van der Waals surface area (Å²) in [6.07, 6.45) is 3.91. The van der Waals surface area contributed by atoms with Crippen molar-refractivity contribution in [3.8, 4) is 22.3 Å². The molecule has 0 heteroatoms. The van der Waals surface area contributed by atoms with Crippen molar-refractivity contribution in [2.45, 2.75) is 41.5 Å². The molecule has 0 fully saturated rings. The molecule has 0 aliphatic heterocycles. The third-order valence-electron chi connectivity index (χ3n) is 4.83. The van der Waals surface area contributed by atoms with Crippen LogP contribution in [0.2, 0.25) is 0 Å². The van der Waals surface area contributed by atoms with Crippen LogP contribution in [-0.4, -0.2) is 0 Å². The fourth-order valence-electron chi connectivity index (χ4n) is 3.73. The number of benzene rings is 4. The molecule has 0 bridgehead atoms. The van der Waals surface area contributed by atoms with Gasteiger partial charge < -0.3 is 0 Å². The Labute approximate surface area is 196 Å². The lowest BCUT2D eigenvalue weighted by Gasteiger charge is -2.20. The van der Waals surface area contributed by atoms with Gasteiger partial charge >= 0.3 is 0 Å². The fraction of sp³-hybridized carbons (Fsp3) is 0.188. The molecule has 4 aromatic carbocycles. The van der Waals surface area contributed by atoms with Crippen LogP contribution in [0, 0.1) is 0 Å². The minimum absolute atomic E-state index is 1.13. The van der Waals surface area contributed by atoms with E-state index in [2.05, 4.69) is 86.0 Å². The second-order valence-electron chi connectivity index (χ2n) is 6.26. The van der Waals surface area contributed by atoms with Crippen LogP contribution in [0.5, 0.6) is 0 Å². The maximum absolute atomic E-state index is 4.12. The first-order valence-electron chi connectivity index (χ1n) is 11.8. The lowest BCUT2D eigenvalue weighted by atomic mass is 9.83. The second-order valence-corrected chi connectivity index (χ2v) is 6.26. The first kappa shape index (κ1) is 26.7. The molecule has 0 nitrogen and oxygen atoms in total. The lowest BCUT2D eigenvalue weighted by Crippen LogP contribution is -1.95. The van der Waals surface area contributed by atoms with Crippen LogP contribution in [0.3, 0.4) is 0 Å². The van der Waals surface area contributed by atoms with Gasteiger partial charge in [-0.1, -0.05) is 152 Å². The first-order chi connectivity index (χ1) is 15.8. The van der Waals surface area contributed by atoms with Crippen LogP contribution < -0.4 is 0 Å². The van der Waals surface area contributed by atoms with Crippen LogP contribution in [0.1, 0.15) is 52.7 Å². The van der Waals surface area contributed by atoms with E-state index in [1.807, 2.05) is 65.8 Å². The van der Waals surface area contributed by atoms with E-state index in [0.717, 1.165) is 11.1 Å². The highest BCUT2D eigenvalue weighted by molar-refractivity contribution is 6.11. The van der Waals surface area contributed by atoms with Gasteiger partial charge in [-0.25, -0.2) is 0 Å². The van der Waals surface area contributed by atoms with Gasteiger partial charge in [0.05, 0.1) is 0 Å². The maximum atomic E-state index is 4.12. The predicted molar refractivity (Wildman–Crippen MR) is 149 cm³/mol. The summed E-state index contributed by atoms with van der Waals surface area (Å²) < 4.78 is 0. The summed E-state index contributed by atoms with van der Waals surface area (Å²) in [4.78, 5) is 0. The number of fused-ring (bicyclic) bond motifs is 1. The van der Waals surface area contributed by atoms with Gasteiger partial charge in [0.2, 0.25) is 0 Å². The molecule has 0 amide bonds. The fourth-order valence-corrected chi connectivity index (χ4v) is 3.73. The van der Waals surface area contributed by atoms with Crippen LogP contribution >= 0.6 is 0 Å². The molecule has 0 heterocycles. The third-order valence-corrected chi connectivity index (χ3v) is 4.83. The zero-order chi connectivity index (χ0) is 23.9. The zero-order valence-electron chi connectivity index (χ0n) is 20.7. The smallest absolute Gasteiger partial charge is 0.00266 e. The average Bonchev–Trinajstić information content (AvgIpc) is 2.91. The van der Waals surface area contributed by atoms with Crippen molar-refractivity contribution in [2.24, 2.45) is 0 Å². The molecule has 0 atom stereocenters. The van der Waals surface area contributed by atoms with E-state index in [1.165, 1.54) is 33.0 Å². The van der Waals surface area contributed by atoms with Gasteiger partial charge in [0.25, 0.3) is 0 Å². The molecule has 4 aromatic rings. The Kier molecular flexibility index (Phi) is 12.2. The Hall–Kier alpha value is -3.38. The summed E-state index contributed by atoms with van der Waals surface area (Å²) in [5.41, 5.74) is 7.08. The molecule has 166 valence electrons. The molecule has 0 spiro atoms. The predicted octanol–water partition coefficient (Wildman–Crippen LogP) is 10.5. The van der Waals surface area contributed by atoms with Crippen molar-refractivity contribution >= 4 is 22.9 Å². The summed E-state index contributed by atoms with van der Waals surface area (Å²) in [7, 11) is 0. The van der Waals surface area contributed by atoms with Gasteiger partial charge in [0, 0.05) is 0 Å². The van der Waals surface area contributed by atoms with Crippen molar-refractivity contribution in [3.05, 3.63) is 109 Å². The van der Waals surface area contributed by atoms with Crippen LogP contribution in [0.15, 0.2) is 98.1 Å². The van der Waals surface area contributed by atoms with E-state index >= 15 is 0 Å². The molecule has 0 aliphatic rings. The van der Waals surface area contributed by atoms with Crippen molar-refractivity contribution in [2.75, 3.05) is 0 Å². The van der Waals surface area contributed by atoms with Crippen LogP contribution in [0.4, 0.5) is 0 Å². The van der Waals surface area contributed by atoms with Gasteiger partial charge in [-0.15, -0.1) is 0 Å². The first-order valence-corrected chi connectivity index (χ1v) is 11.8. The highest BCUT2D eigenvalue weighted by Crippen LogP contribution is 2.42. The monoisotopic (exact) mass is 422 g/mol. The topological polar surface area (TPSA) is 0 Å². The van der Waals surface area contributed by atoms with Gasteiger partial charge in [0.1, 0.15) is 0 Å². The van der Waals surface area contributed by atoms with E-state index in [9.17, 15) is 0 Å². The molecule has 0 unspecified atom stereocenters. The Morgan fingerprint density at radius 2 is 0.719 bits per heavy atom. The molecule has 0 saturated heterocycles. The Balaban J connectivity index is 0.000000789. The van der Waals surface area contributed by atoms with E-state index in [-0.39, 0.29) is 0 Å². The standard InChI is InChI=1S/C26H20.3C2H6/c1-3-21-22(4-2)26(20-15-9-6-10-16-20)24-18-12-11-17-23(24)25(21)19-13-7-5-8-14-19;3*1-2/h3-18H,1-2H2;3*1-2H3. The van der Waals surface area contributed by atoms with E-state index < -0.39 is 0 Å². The third kappa shape index (κ3) is 5.65. The van der Waals surface area contributed by atoms with Crippen molar-refractivity contribution < 1.29 is 0 Å². The summed E-state index contributed by atoms with van der Waals surface area (Å²) in [5, 5.41) is 2.47. The lowest BCUT2D eigenvalue weighted by molar-refractivity contribution is 1.50. The van der Waals surface area contributed by atoms with Gasteiger partial charge in [-0.2, -0.15) is 0 Å². The molecule has 0 aliphatic carbocycles. The Bertz CT molecular complexity index is 997. The summed E-state index contributed by atoms with van der Waals surface area (Å²) in [6, 6.07) is 29.6. The van der Waals surface area contributed by atoms with Crippen LogP contribution in [-0.2, 0) is 0 Å². The number of rotatable bonds is 4. The second kappa shape index (κ2) is 14.6. The van der Waals surface area contributed by atoms with E-state index in [4.69, 9.17) is 0 Å². The summed E-state index contributed by atoms with van der Waals surface area (Å²) >= 11 is 0. The SMILES string of the molecule is C=Cc1c(C=C)c(-c2ccccc2)c2ccccc2c1-c1ccccc1.CC.CC.CC. The quantitative estimate of drug-likeness (QED) is 0.307. The van der Waals surface area contributed by atoms with Gasteiger partial charge in [-0.05, 0) is 44.2 Å². The number of hydrogen-bond acceptors (Lipinski definition) is 0. The summed E-state index contributed by atoms with van der Waals surface area (Å²) in [6.45, 7) is 20.2. The molecule has 4 rings (SSSR count). The van der Waals surface area contributed by atoms with E-state index in [1.54, 1.807) is 0 Å². The highest BCUT2D eigenvalue weighted by atomic mass is 14.2. The maximum Gasteiger partial charge on any atom is -0.00266 e. The van der Waals surface area contributed by atoms with E-state index in [0.29, 0.717) is 0 Å². The number of hydrogen-bond donors (Lipinski definition) is 0. The largest absolute Gasteiger partial charge is 0.0984 e. The molecular formula is C32H38. The zero-order valence-corrected chi connectivity index (χ0v) is 20.7. The molecule has 0 radical (unpaired) electrons. The Morgan fingerprint density at radius 1 is 0.438 bits per heavy atom. The summed E-state index contributed by atoms with van der Waals surface area (Å²) in [5.74, 6) is 0. The molecule has 32 heavy (non-hydrogen) atoms. The van der Waals surface area contributed by atoms with Gasteiger partial charge in [0.15, 0.2) is 0 Å². The molecule has 0 N–H and O–H groups in total. The van der Waals surface area contributed by atoms with Crippen molar-refractivity contribution in [3.63, 3.8) is 0 Å². The van der Waals surface area contributed by atoms with Crippen molar-refractivity contribution in [1.29, 1.82) is 0 Å². The average molecular weight is 423 g/mol. The highest BCUT2D eigenvalue weighted by Gasteiger charge is 2.17. The molecular weight excluding hydrogens is 384 g/mol. The van der Waals surface area contributed by atoms with Crippen molar-refractivity contribution in [1.82, 2.24) is 0 Å². The van der Waals surface area contributed by atoms with Gasteiger partial charge in [-0.3, -0.25) is 0 Å². The van der Waals surface area contributed by atoms with Crippen LogP contribution in [0.25, 0.3) is 45.2 Å². The normalized spacial score (nSPS) is 9.19. The molecule has 0 saturated carbocycles.